The zero-order valence-corrected chi connectivity index (χ0v) is 8.72. The first-order valence-electron chi connectivity index (χ1n) is 3.93. The molecular formula is C8H11NO4S. The summed E-state index contributed by atoms with van der Waals surface area (Å²) in [5.41, 5.74) is 0.291. The van der Waals surface area contributed by atoms with Gasteiger partial charge in [-0.3, -0.25) is 0 Å². The molecule has 0 radical (unpaired) electrons. The molecule has 1 rings (SSSR count). The van der Waals surface area contributed by atoms with E-state index in [9.17, 15) is 9.59 Å². The standard InChI is InChI=1S/C8H11NO4S/c1-12-7(10)5-3-14-4-6(9-5)8(11)13-2/h3,6,9H,4H2,1-2H3/t6-/m0/s1. The van der Waals surface area contributed by atoms with Crippen LogP contribution in [0.4, 0.5) is 0 Å². The highest BCUT2D eigenvalue weighted by atomic mass is 32.2. The molecule has 0 amide bonds. The maximum Gasteiger partial charge on any atom is 0.354 e. The van der Waals surface area contributed by atoms with Gasteiger partial charge < -0.3 is 14.8 Å². The summed E-state index contributed by atoms with van der Waals surface area (Å²) in [6, 6.07) is -0.482. The Hall–Kier alpha value is -1.17. The van der Waals surface area contributed by atoms with Crippen molar-refractivity contribution in [1.82, 2.24) is 5.32 Å². The van der Waals surface area contributed by atoms with Gasteiger partial charge in [0.2, 0.25) is 0 Å². The first-order chi connectivity index (χ1) is 6.69. The molecule has 0 saturated heterocycles. The number of carbonyl (C=O) groups is 2. The van der Waals surface area contributed by atoms with Crippen molar-refractivity contribution in [3.8, 4) is 0 Å². The predicted molar refractivity (Wildman–Crippen MR) is 51.5 cm³/mol. The Morgan fingerprint density at radius 2 is 2.21 bits per heavy atom. The van der Waals surface area contributed by atoms with Gasteiger partial charge in [-0.2, -0.15) is 0 Å². The van der Waals surface area contributed by atoms with Gasteiger partial charge in [0.15, 0.2) is 0 Å². The van der Waals surface area contributed by atoms with Gasteiger partial charge in [0.1, 0.15) is 11.7 Å². The fourth-order valence-corrected chi connectivity index (χ4v) is 1.82. The summed E-state index contributed by atoms with van der Waals surface area (Å²) in [7, 11) is 2.60. The molecule has 0 aliphatic carbocycles. The molecule has 0 spiro atoms. The molecule has 1 atom stereocenters. The summed E-state index contributed by atoms with van der Waals surface area (Å²) in [6.45, 7) is 0. The van der Waals surface area contributed by atoms with E-state index < -0.39 is 12.0 Å². The Morgan fingerprint density at radius 3 is 2.79 bits per heavy atom. The minimum Gasteiger partial charge on any atom is -0.467 e. The lowest BCUT2D eigenvalue weighted by atomic mass is 10.3. The molecule has 0 fully saturated rings. The highest BCUT2D eigenvalue weighted by Gasteiger charge is 2.25. The Kier molecular flexibility index (Phi) is 3.82. The number of hydrogen-bond donors (Lipinski definition) is 1. The Labute approximate surface area is 85.8 Å². The number of esters is 2. The minimum absolute atomic E-state index is 0.291. The summed E-state index contributed by atoms with van der Waals surface area (Å²) in [4.78, 5) is 22.3. The van der Waals surface area contributed by atoms with Crippen LogP contribution < -0.4 is 5.32 Å². The third kappa shape index (κ3) is 2.41. The second-order valence-corrected chi connectivity index (χ2v) is 3.48. The normalized spacial score (nSPS) is 20.4. The molecule has 1 aliphatic heterocycles. The monoisotopic (exact) mass is 217 g/mol. The molecule has 1 aliphatic rings. The Balaban J connectivity index is 2.62. The van der Waals surface area contributed by atoms with Crippen LogP contribution in [-0.4, -0.2) is 38.0 Å². The van der Waals surface area contributed by atoms with Crippen LogP contribution >= 0.6 is 11.8 Å². The van der Waals surface area contributed by atoms with Gasteiger partial charge in [0, 0.05) is 11.2 Å². The van der Waals surface area contributed by atoms with Crippen molar-refractivity contribution in [3.63, 3.8) is 0 Å². The molecule has 0 aromatic carbocycles. The summed E-state index contributed by atoms with van der Waals surface area (Å²) in [6.07, 6.45) is 0. The van der Waals surface area contributed by atoms with Gasteiger partial charge in [-0.25, -0.2) is 9.59 Å². The van der Waals surface area contributed by atoms with Crippen molar-refractivity contribution in [2.45, 2.75) is 6.04 Å². The van der Waals surface area contributed by atoms with Crippen molar-refractivity contribution in [2.24, 2.45) is 0 Å². The van der Waals surface area contributed by atoms with Gasteiger partial charge in [-0.15, -0.1) is 11.8 Å². The van der Waals surface area contributed by atoms with Crippen LogP contribution in [0.25, 0.3) is 0 Å². The number of nitrogens with one attached hydrogen (secondary N) is 1. The zero-order valence-electron chi connectivity index (χ0n) is 7.90. The third-order valence-corrected chi connectivity index (χ3v) is 2.61. The van der Waals surface area contributed by atoms with Crippen LogP contribution in [0.2, 0.25) is 0 Å². The number of rotatable bonds is 2. The van der Waals surface area contributed by atoms with Gasteiger partial charge >= 0.3 is 11.9 Å². The van der Waals surface area contributed by atoms with Crippen LogP contribution in [0.1, 0.15) is 0 Å². The van der Waals surface area contributed by atoms with Crippen molar-refractivity contribution >= 4 is 23.7 Å². The van der Waals surface area contributed by atoms with E-state index in [1.165, 1.54) is 26.0 Å². The summed E-state index contributed by atoms with van der Waals surface area (Å²) < 4.78 is 9.07. The molecule has 6 heteroatoms. The first kappa shape index (κ1) is 10.9. The lowest BCUT2D eigenvalue weighted by Gasteiger charge is -2.21. The second kappa shape index (κ2) is 4.90. The SMILES string of the molecule is COC(=O)C1=CSC[C@@H](C(=O)OC)N1. The van der Waals surface area contributed by atoms with Crippen LogP contribution in [-0.2, 0) is 19.1 Å². The topological polar surface area (TPSA) is 64.6 Å². The Morgan fingerprint density at radius 1 is 1.50 bits per heavy atom. The van der Waals surface area contributed by atoms with Crippen LogP contribution in [0, 0.1) is 0 Å². The number of ether oxygens (including phenoxy) is 2. The summed E-state index contributed by atoms with van der Waals surface area (Å²) >= 11 is 1.37. The third-order valence-electron chi connectivity index (χ3n) is 1.68. The predicted octanol–water partition coefficient (Wildman–Crippen LogP) is -0.121. The van der Waals surface area contributed by atoms with E-state index in [2.05, 4.69) is 14.8 Å². The second-order valence-electron chi connectivity index (χ2n) is 2.58. The van der Waals surface area contributed by atoms with Gasteiger partial charge in [-0.1, -0.05) is 0 Å². The summed E-state index contributed by atoms with van der Waals surface area (Å²) in [5.74, 6) is -0.314. The Bertz CT molecular complexity index is 277. The van der Waals surface area contributed by atoms with Crippen LogP contribution in [0.3, 0.4) is 0 Å². The molecule has 1 N–H and O–H groups in total. The van der Waals surface area contributed by atoms with E-state index in [-0.39, 0.29) is 5.97 Å². The molecular weight excluding hydrogens is 206 g/mol. The molecule has 78 valence electrons. The molecule has 14 heavy (non-hydrogen) atoms. The van der Waals surface area contributed by atoms with Gasteiger partial charge in [0.25, 0.3) is 0 Å². The average molecular weight is 217 g/mol. The van der Waals surface area contributed by atoms with Gasteiger partial charge in [-0.05, 0) is 0 Å². The smallest absolute Gasteiger partial charge is 0.354 e. The maximum absolute atomic E-state index is 11.1. The highest BCUT2D eigenvalue weighted by Crippen LogP contribution is 2.16. The van der Waals surface area contributed by atoms with E-state index in [1.807, 2.05) is 0 Å². The molecule has 0 saturated carbocycles. The zero-order chi connectivity index (χ0) is 10.6. The van der Waals surface area contributed by atoms with Crippen LogP contribution in [0.5, 0.6) is 0 Å². The van der Waals surface area contributed by atoms with Crippen molar-refractivity contribution in [2.75, 3.05) is 20.0 Å². The minimum atomic E-state index is -0.482. The van der Waals surface area contributed by atoms with E-state index in [0.29, 0.717) is 11.4 Å². The average Bonchev–Trinajstić information content (AvgIpc) is 2.27. The fraction of sp³-hybridized carbons (Fsp3) is 0.500. The number of thioether (sulfide) groups is 1. The molecule has 0 bridgehead atoms. The van der Waals surface area contributed by atoms with Crippen molar-refractivity contribution in [1.29, 1.82) is 0 Å². The molecule has 0 aromatic rings. The lowest BCUT2D eigenvalue weighted by molar-refractivity contribution is -0.142. The highest BCUT2D eigenvalue weighted by molar-refractivity contribution is 8.02. The van der Waals surface area contributed by atoms with Gasteiger partial charge in [0.05, 0.1) is 14.2 Å². The van der Waals surface area contributed by atoms with Crippen molar-refractivity contribution < 1.29 is 19.1 Å². The lowest BCUT2D eigenvalue weighted by Crippen LogP contribution is -2.42. The maximum atomic E-state index is 11.1. The van der Waals surface area contributed by atoms with E-state index in [4.69, 9.17) is 0 Å². The van der Waals surface area contributed by atoms with E-state index in [0.717, 1.165) is 0 Å². The number of methoxy groups -OCH3 is 2. The molecule has 5 nitrogen and oxygen atoms in total. The van der Waals surface area contributed by atoms with E-state index in [1.54, 1.807) is 5.41 Å². The van der Waals surface area contributed by atoms with Crippen molar-refractivity contribution in [3.05, 3.63) is 11.1 Å². The molecule has 0 aromatic heterocycles. The van der Waals surface area contributed by atoms with Crippen LogP contribution in [0.15, 0.2) is 11.1 Å². The molecule has 1 heterocycles. The van der Waals surface area contributed by atoms with E-state index >= 15 is 0 Å². The largest absolute Gasteiger partial charge is 0.467 e. The summed E-state index contributed by atoms with van der Waals surface area (Å²) in [5, 5.41) is 4.38. The number of hydrogen-bond acceptors (Lipinski definition) is 6. The fourth-order valence-electron chi connectivity index (χ4n) is 0.977. The first-order valence-corrected chi connectivity index (χ1v) is 4.98. The quantitative estimate of drug-likeness (QED) is 0.650. The molecule has 0 unspecified atom stereocenters. The number of carbonyl (C=O) groups excluding carboxylic acids is 2.